The summed E-state index contributed by atoms with van der Waals surface area (Å²) in [5.74, 6) is 3.10. The molecule has 1 aromatic carbocycles. The molecule has 49 heavy (non-hydrogen) atoms. The van der Waals surface area contributed by atoms with Gasteiger partial charge in [-0.15, -0.1) is 0 Å². The van der Waals surface area contributed by atoms with Crippen molar-refractivity contribution in [3.8, 4) is 11.3 Å². The largest absolute Gasteiger partial charge is 0.453 e. The van der Waals surface area contributed by atoms with E-state index in [9.17, 15) is 14.4 Å². The summed E-state index contributed by atoms with van der Waals surface area (Å²) in [4.78, 5) is 58.9. The summed E-state index contributed by atoms with van der Waals surface area (Å²) in [7, 11) is 1.30. The van der Waals surface area contributed by atoms with Crippen LogP contribution in [0.15, 0.2) is 36.7 Å². The number of nitrogens with zero attached hydrogens (tertiary/aromatic N) is 4. The molecule has 11 heteroatoms. The van der Waals surface area contributed by atoms with Crippen LogP contribution >= 0.6 is 0 Å². The van der Waals surface area contributed by atoms with Crippen LogP contribution < -0.4 is 5.32 Å². The van der Waals surface area contributed by atoms with Gasteiger partial charge in [0.1, 0.15) is 17.7 Å². The van der Waals surface area contributed by atoms with E-state index >= 15 is 0 Å². The molecular formula is C38H53N7O4. The molecule has 1 saturated carbocycles. The highest BCUT2D eigenvalue weighted by Gasteiger charge is 2.38. The van der Waals surface area contributed by atoms with Gasteiger partial charge in [0.2, 0.25) is 11.8 Å². The van der Waals surface area contributed by atoms with E-state index in [1.165, 1.54) is 12.7 Å². The SMILES string of the molecule is COC(=O)N[C@H](C(=O)N1CCC[C@H]1c1nc(-c2ccc(C3CCC(c4c[nH]c([C@@H]5CCCN5C(=O)CC(C)C)n4)CC3)cc2)c[nH]1)C(C)C. The lowest BCUT2D eigenvalue weighted by molar-refractivity contribution is -0.135. The van der Waals surface area contributed by atoms with Crippen molar-refractivity contribution >= 4 is 17.9 Å². The normalized spacial score (nSPS) is 23.3. The lowest BCUT2D eigenvalue weighted by Crippen LogP contribution is -2.51. The van der Waals surface area contributed by atoms with Gasteiger partial charge in [-0.2, -0.15) is 0 Å². The van der Waals surface area contributed by atoms with E-state index in [1.54, 1.807) is 0 Å². The number of likely N-dealkylation sites (tertiary alicyclic amines) is 2. The van der Waals surface area contributed by atoms with Gasteiger partial charge in [0.15, 0.2) is 0 Å². The number of amides is 3. The first kappa shape index (κ1) is 34.7. The number of carbonyl (C=O) groups excluding carboxylic acids is 3. The van der Waals surface area contributed by atoms with E-state index in [2.05, 4.69) is 59.6 Å². The molecule has 0 radical (unpaired) electrons. The third kappa shape index (κ3) is 7.70. The summed E-state index contributed by atoms with van der Waals surface area (Å²) in [5.41, 5.74) is 4.40. The van der Waals surface area contributed by atoms with E-state index < -0.39 is 12.1 Å². The Bertz CT molecular complexity index is 1590. The number of alkyl carbamates (subject to hydrolysis) is 1. The van der Waals surface area contributed by atoms with E-state index in [1.807, 2.05) is 29.8 Å². The Morgan fingerprint density at radius 2 is 1.45 bits per heavy atom. The Hall–Kier alpha value is -4.15. The number of aromatic amines is 2. The van der Waals surface area contributed by atoms with Gasteiger partial charge < -0.3 is 29.8 Å². The minimum absolute atomic E-state index is 0.0765. The molecule has 11 nitrogen and oxygen atoms in total. The van der Waals surface area contributed by atoms with Crippen molar-refractivity contribution in [3.63, 3.8) is 0 Å². The van der Waals surface area contributed by atoms with Crippen LogP contribution in [0.25, 0.3) is 11.3 Å². The number of benzene rings is 1. The standard InChI is InChI=1S/C38H53N7O4/c1-23(2)20-33(46)44-18-6-8-31(44)35-39-21-29(41-35)27-14-10-25(11-15-27)26-12-16-28(17-13-26)30-22-40-36(42-30)32-9-7-19-45(32)37(47)34(24(3)4)43-38(48)49-5/h12-13,16-17,21-25,27,31-32,34H,6-11,14-15,18-20H2,1-5H3,(H,39,41)(H,40,42)(H,43,48)/t25?,27?,31-,32-,34-/m0/s1. The fraction of sp³-hybridized carbons (Fsp3) is 0.605. The summed E-state index contributed by atoms with van der Waals surface area (Å²) >= 11 is 0. The molecule has 3 aromatic rings. The van der Waals surface area contributed by atoms with Crippen LogP contribution in [0.5, 0.6) is 0 Å². The molecule has 0 unspecified atom stereocenters. The fourth-order valence-corrected chi connectivity index (χ4v) is 8.04. The minimum Gasteiger partial charge on any atom is -0.453 e. The molecule has 4 heterocycles. The van der Waals surface area contributed by atoms with Gasteiger partial charge in [-0.1, -0.05) is 52.0 Å². The number of nitrogens with one attached hydrogen (secondary N) is 3. The topological polar surface area (TPSA) is 136 Å². The predicted octanol–water partition coefficient (Wildman–Crippen LogP) is 6.99. The van der Waals surface area contributed by atoms with Crippen molar-refractivity contribution in [2.24, 2.45) is 11.8 Å². The lowest BCUT2D eigenvalue weighted by Gasteiger charge is -2.30. The van der Waals surface area contributed by atoms with Crippen LogP contribution in [0.2, 0.25) is 0 Å². The van der Waals surface area contributed by atoms with Crippen LogP contribution in [0.4, 0.5) is 4.79 Å². The van der Waals surface area contributed by atoms with Gasteiger partial charge in [0, 0.05) is 43.4 Å². The first-order valence-corrected chi connectivity index (χ1v) is 18.3. The highest BCUT2D eigenvalue weighted by atomic mass is 16.5. The first-order chi connectivity index (χ1) is 23.6. The molecule has 3 fully saturated rings. The maximum Gasteiger partial charge on any atom is 0.407 e. The van der Waals surface area contributed by atoms with Crippen molar-refractivity contribution in [2.45, 2.75) is 115 Å². The number of carbonyl (C=O) groups is 3. The maximum absolute atomic E-state index is 13.5. The van der Waals surface area contributed by atoms with E-state index in [0.717, 1.165) is 86.5 Å². The number of hydrogen-bond donors (Lipinski definition) is 3. The molecule has 0 spiro atoms. The molecule has 3 aliphatic rings. The number of H-pyrrole nitrogens is 2. The Labute approximate surface area is 290 Å². The fourth-order valence-electron chi connectivity index (χ4n) is 8.04. The highest BCUT2D eigenvalue weighted by molar-refractivity contribution is 5.86. The number of methoxy groups -OCH3 is 1. The molecule has 2 saturated heterocycles. The smallest absolute Gasteiger partial charge is 0.407 e. The van der Waals surface area contributed by atoms with Crippen molar-refractivity contribution in [2.75, 3.05) is 20.2 Å². The Morgan fingerprint density at radius 1 is 0.837 bits per heavy atom. The third-order valence-electron chi connectivity index (χ3n) is 10.8. The average molecular weight is 672 g/mol. The summed E-state index contributed by atoms with van der Waals surface area (Å²) < 4.78 is 4.76. The second kappa shape index (κ2) is 15.2. The number of rotatable bonds is 10. The second-order valence-corrected chi connectivity index (χ2v) is 14.9. The molecule has 1 aliphatic carbocycles. The predicted molar refractivity (Wildman–Crippen MR) is 188 cm³/mol. The molecule has 3 atom stereocenters. The van der Waals surface area contributed by atoms with Gasteiger partial charge >= 0.3 is 6.09 Å². The third-order valence-corrected chi connectivity index (χ3v) is 10.8. The van der Waals surface area contributed by atoms with Gasteiger partial charge in [0.05, 0.1) is 30.6 Å². The van der Waals surface area contributed by atoms with Gasteiger partial charge in [-0.05, 0) is 74.7 Å². The number of aromatic nitrogens is 4. The zero-order valence-corrected chi connectivity index (χ0v) is 29.7. The van der Waals surface area contributed by atoms with Crippen LogP contribution in [0, 0.1) is 11.8 Å². The Kier molecular flexibility index (Phi) is 10.7. The van der Waals surface area contributed by atoms with E-state index in [0.29, 0.717) is 30.7 Å². The summed E-state index contributed by atoms with van der Waals surface area (Å²) in [6.07, 6.45) is 12.2. The molecule has 6 rings (SSSR count). The van der Waals surface area contributed by atoms with E-state index in [4.69, 9.17) is 14.7 Å². The zero-order chi connectivity index (χ0) is 34.7. The van der Waals surface area contributed by atoms with Gasteiger partial charge in [-0.3, -0.25) is 9.59 Å². The quantitative estimate of drug-likeness (QED) is 0.213. The number of imidazole rings is 2. The monoisotopic (exact) mass is 671 g/mol. The second-order valence-electron chi connectivity index (χ2n) is 14.9. The lowest BCUT2D eigenvalue weighted by atomic mass is 9.77. The maximum atomic E-state index is 13.5. The molecule has 3 N–H and O–H groups in total. The summed E-state index contributed by atoms with van der Waals surface area (Å²) in [5, 5.41) is 2.71. The van der Waals surface area contributed by atoms with E-state index in [-0.39, 0.29) is 29.8 Å². The van der Waals surface area contributed by atoms with Crippen molar-refractivity contribution in [1.29, 1.82) is 0 Å². The molecule has 2 aromatic heterocycles. The molecular weight excluding hydrogens is 618 g/mol. The molecule has 0 bridgehead atoms. The average Bonchev–Trinajstić information content (AvgIpc) is 3.93. The number of ether oxygens (including phenoxy) is 1. The van der Waals surface area contributed by atoms with Gasteiger partial charge in [-0.25, -0.2) is 14.8 Å². The summed E-state index contributed by atoms with van der Waals surface area (Å²) in [6, 6.07) is 8.04. The van der Waals surface area contributed by atoms with Crippen LogP contribution in [-0.2, 0) is 14.3 Å². The Balaban J connectivity index is 1.04. The number of hydrogen-bond acceptors (Lipinski definition) is 6. The Morgan fingerprint density at radius 3 is 2.10 bits per heavy atom. The van der Waals surface area contributed by atoms with Crippen LogP contribution in [0.3, 0.4) is 0 Å². The zero-order valence-electron chi connectivity index (χ0n) is 29.7. The minimum atomic E-state index is -0.656. The van der Waals surface area contributed by atoms with Crippen molar-refractivity contribution in [3.05, 3.63) is 59.6 Å². The summed E-state index contributed by atoms with van der Waals surface area (Å²) in [6.45, 7) is 9.49. The molecule has 264 valence electrons. The highest BCUT2D eigenvalue weighted by Crippen LogP contribution is 2.41. The van der Waals surface area contributed by atoms with Gasteiger partial charge in [0.25, 0.3) is 0 Å². The molecule has 2 aliphatic heterocycles. The van der Waals surface area contributed by atoms with Crippen molar-refractivity contribution < 1.29 is 19.1 Å². The first-order valence-electron chi connectivity index (χ1n) is 18.3. The molecule has 3 amide bonds. The van der Waals surface area contributed by atoms with Crippen molar-refractivity contribution in [1.82, 2.24) is 35.1 Å². The van der Waals surface area contributed by atoms with Crippen LogP contribution in [-0.4, -0.2) is 73.9 Å². The van der Waals surface area contributed by atoms with Crippen LogP contribution in [0.1, 0.15) is 132 Å².